The fraction of sp³-hybridized carbons (Fsp3) is 0.486. The van der Waals surface area contributed by atoms with E-state index in [-0.39, 0.29) is 29.9 Å². The summed E-state index contributed by atoms with van der Waals surface area (Å²) in [5.41, 5.74) is 3.68. The lowest BCUT2D eigenvalue weighted by Crippen LogP contribution is -2.55. The molecule has 6 heteroatoms. The molecule has 2 atom stereocenters. The largest absolute Gasteiger partial charge is 0.493 e. The summed E-state index contributed by atoms with van der Waals surface area (Å²) in [6.07, 6.45) is 7.62. The Bertz CT molecular complexity index is 1490. The normalized spacial score (nSPS) is 29.0. The van der Waals surface area contributed by atoms with Crippen LogP contribution in [0.3, 0.4) is 0 Å². The maximum absolute atomic E-state index is 14.0. The van der Waals surface area contributed by atoms with E-state index in [1.54, 1.807) is 7.11 Å². The molecule has 1 amide bonds. The van der Waals surface area contributed by atoms with Crippen LogP contribution < -0.4 is 14.4 Å². The highest BCUT2D eigenvalue weighted by atomic mass is 35.5. The number of nitrogens with zero attached hydrogens (tertiary/aromatic N) is 1. The summed E-state index contributed by atoms with van der Waals surface area (Å²) in [6, 6.07) is 19.5. The van der Waals surface area contributed by atoms with E-state index in [0.717, 1.165) is 65.0 Å². The third kappa shape index (κ3) is 4.84. The second-order valence-corrected chi connectivity index (χ2v) is 14.5. The first kappa shape index (κ1) is 28.7. The monoisotopic (exact) mass is 599 g/mol. The number of anilines is 1. The van der Waals surface area contributed by atoms with Crippen LogP contribution in [-0.2, 0) is 16.8 Å². The molecule has 1 aliphatic heterocycles. The highest BCUT2D eigenvalue weighted by Gasteiger charge is 2.58. The molecule has 1 heterocycles. The van der Waals surface area contributed by atoms with E-state index in [9.17, 15) is 9.90 Å². The molecule has 8 rings (SSSR count). The van der Waals surface area contributed by atoms with Crippen molar-refractivity contribution in [1.82, 2.24) is 0 Å². The molecule has 4 aliphatic carbocycles. The number of halogens is 1. The second-order valence-electron chi connectivity index (χ2n) is 14.1. The van der Waals surface area contributed by atoms with Crippen molar-refractivity contribution in [3.8, 4) is 11.5 Å². The maximum Gasteiger partial charge on any atom is 0.232 e. The molecule has 5 aliphatic rings. The van der Waals surface area contributed by atoms with Crippen molar-refractivity contribution in [2.45, 2.75) is 83.5 Å². The van der Waals surface area contributed by atoms with Crippen molar-refractivity contribution in [3.63, 3.8) is 0 Å². The Balaban J connectivity index is 1.28. The number of carbonyl (C=O) groups excluding carboxylic acids is 1. The number of rotatable bonds is 7. The lowest BCUT2D eigenvalue weighted by atomic mass is 9.45. The minimum absolute atomic E-state index is 0.00706. The van der Waals surface area contributed by atoms with E-state index in [4.69, 9.17) is 21.1 Å². The molecule has 0 radical (unpaired) electrons. The van der Waals surface area contributed by atoms with E-state index < -0.39 is 5.60 Å². The summed E-state index contributed by atoms with van der Waals surface area (Å²) in [5, 5.41) is 12.9. The summed E-state index contributed by atoms with van der Waals surface area (Å²) in [5.74, 6) is 3.56. The fourth-order valence-electron chi connectivity index (χ4n) is 9.29. The van der Waals surface area contributed by atoms with Gasteiger partial charge in [0.2, 0.25) is 5.91 Å². The van der Waals surface area contributed by atoms with Crippen molar-refractivity contribution in [2.75, 3.05) is 12.0 Å². The molecular weight excluding hydrogens is 558 g/mol. The van der Waals surface area contributed by atoms with Gasteiger partial charge in [-0.05, 0) is 136 Å². The van der Waals surface area contributed by atoms with E-state index in [0.29, 0.717) is 16.5 Å². The molecule has 3 aromatic carbocycles. The first-order chi connectivity index (χ1) is 20.6. The Morgan fingerprint density at radius 3 is 2.09 bits per heavy atom. The van der Waals surface area contributed by atoms with Gasteiger partial charge in [0.15, 0.2) is 11.5 Å². The molecule has 226 valence electrons. The molecule has 4 saturated carbocycles. The molecule has 0 spiro atoms. The molecule has 4 fully saturated rings. The lowest BCUT2D eigenvalue weighted by molar-refractivity contribution is -0.176. The number of methoxy groups -OCH3 is 1. The number of ether oxygens (including phenoxy) is 2. The second kappa shape index (κ2) is 10.6. The van der Waals surface area contributed by atoms with Crippen molar-refractivity contribution >= 4 is 23.2 Å². The number of amides is 1. The zero-order valence-electron chi connectivity index (χ0n) is 25.6. The molecular formula is C37H42ClNO4. The summed E-state index contributed by atoms with van der Waals surface area (Å²) in [4.78, 5) is 15.8. The summed E-state index contributed by atoms with van der Waals surface area (Å²) >= 11 is 6.29. The molecule has 4 bridgehead atoms. The topological polar surface area (TPSA) is 59.0 Å². The zero-order chi connectivity index (χ0) is 30.1. The number of hydrogen-bond acceptors (Lipinski definition) is 4. The summed E-state index contributed by atoms with van der Waals surface area (Å²) < 4.78 is 11.8. The van der Waals surface area contributed by atoms with E-state index in [2.05, 4.69) is 12.1 Å². The predicted molar refractivity (Wildman–Crippen MR) is 170 cm³/mol. The van der Waals surface area contributed by atoms with Gasteiger partial charge in [-0.15, -0.1) is 0 Å². The van der Waals surface area contributed by atoms with Gasteiger partial charge in [0.05, 0.1) is 31.3 Å². The lowest BCUT2D eigenvalue weighted by Gasteiger charge is -2.61. The average Bonchev–Trinajstić information content (AvgIpc) is 2.96. The zero-order valence-corrected chi connectivity index (χ0v) is 26.4. The molecule has 0 saturated heterocycles. The SMILES string of the molecule is COc1cc2c(cc1OC(C)C)[C@H](c1ccc(Cl)cc1)N(c1ccc([C@@](C)(O)C34CC5CC(CC(C5)C3)C4)cc1)C(=O)C2. The minimum atomic E-state index is -0.907. The first-order valence-corrected chi connectivity index (χ1v) is 16.2. The van der Waals surface area contributed by atoms with Crippen molar-refractivity contribution in [1.29, 1.82) is 0 Å². The number of benzene rings is 3. The van der Waals surface area contributed by atoms with Gasteiger partial charge in [-0.1, -0.05) is 35.9 Å². The number of fused-ring (bicyclic) bond motifs is 1. The molecule has 43 heavy (non-hydrogen) atoms. The quantitative estimate of drug-likeness (QED) is 0.297. The number of hydrogen-bond donors (Lipinski definition) is 1. The maximum atomic E-state index is 14.0. The van der Waals surface area contributed by atoms with Crippen LogP contribution in [0.25, 0.3) is 0 Å². The van der Waals surface area contributed by atoms with Gasteiger partial charge in [-0.25, -0.2) is 0 Å². The van der Waals surface area contributed by atoms with E-state index in [1.165, 1.54) is 19.3 Å². The fourth-order valence-corrected chi connectivity index (χ4v) is 9.41. The van der Waals surface area contributed by atoms with Crippen molar-refractivity contribution in [2.24, 2.45) is 23.2 Å². The van der Waals surface area contributed by atoms with Crippen LogP contribution in [0.4, 0.5) is 5.69 Å². The van der Waals surface area contributed by atoms with E-state index in [1.807, 2.05) is 74.2 Å². The minimum Gasteiger partial charge on any atom is -0.493 e. The van der Waals surface area contributed by atoms with E-state index >= 15 is 0 Å². The standard InChI is InChI=1S/C37H42ClNO4/c1-22(2)43-33-18-31-27(16-32(33)42-4)17-34(40)39(35(31)26-5-9-29(38)10-6-26)30-11-7-28(8-12-30)36(3,41)37-19-23-13-24(20-37)15-25(14-23)21-37/h5-12,16,18,22-25,35,41H,13-15,17,19-21H2,1-4H3/t23?,24?,25?,35-,36+,37?/m0/s1. The smallest absolute Gasteiger partial charge is 0.232 e. The van der Waals surface area contributed by atoms with Gasteiger partial charge in [-0.2, -0.15) is 0 Å². The molecule has 3 aromatic rings. The van der Waals surface area contributed by atoms with Crippen LogP contribution in [0.2, 0.25) is 5.02 Å². The molecule has 0 aromatic heterocycles. The molecule has 5 nitrogen and oxygen atoms in total. The Labute approximate surface area is 260 Å². The highest BCUT2D eigenvalue weighted by Crippen LogP contribution is 2.65. The molecule has 0 unspecified atom stereocenters. The van der Waals surface area contributed by atoms with Crippen molar-refractivity contribution < 1.29 is 19.4 Å². The Hall–Kier alpha value is -3.02. The highest BCUT2D eigenvalue weighted by molar-refractivity contribution is 6.30. The Kier molecular flexibility index (Phi) is 7.05. The van der Waals surface area contributed by atoms with Crippen LogP contribution in [0.5, 0.6) is 11.5 Å². The van der Waals surface area contributed by atoms with Gasteiger partial charge < -0.3 is 19.5 Å². The van der Waals surface area contributed by atoms with Gasteiger partial charge in [0.1, 0.15) is 0 Å². The Morgan fingerprint density at radius 2 is 1.53 bits per heavy atom. The predicted octanol–water partition coefficient (Wildman–Crippen LogP) is 8.24. The molecule has 1 N–H and O–H groups in total. The van der Waals surface area contributed by atoms with Crippen LogP contribution in [0, 0.1) is 23.2 Å². The first-order valence-electron chi connectivity index (χ1n) is 15.8. The van der Waals surface area contributed by atoms with Gasteiger partial charge in [0, 0.05) is 16.1 Å². The van der Waals surface area contributed by atoms with Crippen LogP contribution >= 0.6 is 11.6 Å². The van der Waals surface area contributed by atoms with Crippen LogP contribution in [0.15, 0.2) is 60.7 Å². The number of carbonyl (C=O) groups is 1. The van der Waals surface area contributed by atoms with Crippen molar-refractivity contribution in [3.05, 3.63) is 87.9 Å². The average molecular weight is 600 g/mol. The summed E-state index contributed by atoms with van der Waals surface area (Å²) in [7, 11) is 1.63. The third-order valence-corrected chi connectivity index (χ3v) is 11.2. The summed E-state index contributed by atoms with van der Waals surface area (Å²) in [6.45, 7) is 6.02. The van der Waals surface area contributed by atoms with Gasteiger partial charge >= 0.3 is 0 Å². The Morgan fingerprint density at radius 1 is 0.930 bits per heavy atom. The van der Waals surface area contributed by atoms with Gasteiger partial charge in [0.25, 0.3) is 0 Å². The van der Waals surface area contributed by atoms with Crippen LogP contribution in [0.1, 0.15) is 87.6 Å². The number of aliphatic hydroxyl groups is 1. The third-order valence-electron chi connectivity index (χ3n) is 10.9. The van der Waals surface area contributed by atoms with Gasteiger partial charge in [-0.3, -0.25) is 4.79 Å². The van der Waals surface area contributed by atoms with Crippen LogP contribution in [-0.4, -0.2) is 24.2 Å².